The average molecular weight is 401 g/mol. The van der Waals surface area contributed by atoms with Crippen LogP contribution in [0.4, 0.5) is 4.79 Å². The minimum absolute atomic E-state index is 0.160. The lowest BCUT2D eigenvalue weighted by molar-refractivity contribution is -0.141. The number of rotatable bonds is 5. The van der Waals surface area contributed by atoms with Gasteiger partial charge in [-0.3, -0.25) is 14.5 Å². The summed E-state index contributed by atoms with van der Waals surface area (Å²) in [7, 11) is 0. The Balaban J connectivity index is 1.45. The highest BCUT2D eigenvalue weighted by Gasteiger charge is 2.48. The molecule has 2 atom stereocenters. The highest BCUT2D eigenvalue weighted by molar-refractivity contribution is 6.09. The Morgan fingerprint density at radius 2 is 2.03 bits per heavy atom. The predicted octanol–water partition coefficient (Wildman–Crippen LogP) is 2.06. The Labute approximate surface area is 170 Å². The van der Waals surface area contributed by atoms with Gasteiger partial charge >= 0.3 is 6.03 Å². The SMILES string of the molecule is CC[C@H]1CCCCN1C(=O)CN1C(=O)N[C@](C)(Cc2ccc3c(c2)OCO3)C1=O. The van der Waals surface area contributed by atoms with Crippen molar-refractivity contribution < 1.29 is 23.9 Å². The molecule has 0 unspecified atom stereocenters. The van der Waals surface area contributed by atoms with Crippen molar-refractivity contribution in [2.24, 2.45) is 0 Å². The lowest BCUT2D eigenvalue weighted by Gasteiger charge is -2.36. The quantitative estimate of drug-likeness (QED) is 0.763. The Kier molecular flexibility index (Phi) is 5.10. The summed E-state index contributed by atoms with van der Waals surface area (Å²) in [5.74, 6) is 0.761. The molecule has 29 heavy (non-hydrogen) atoms. The first-order valence-electron chi connectivity index (χ1n) is 10.2. The zero-order chi connectivity index (χ0) is 20.6. The van der Waals surface area contributed by atoms with E-state index in [-0.39, 0.29) is 31.2 Å². The van der Waals surface area contributed by atoms with E-state index in [1.807, 2.05) is 17.0 Å². The summed E-state index contributed by atoms with van der Waals surface area (Å²) in [6, 6.07) is 5.14. The normalized spacial score (nSPS) is 26.1. The van der Waals surface area contributed by atoms with Crippen LogP contribution in [-0.2, 0) is 16.0 Å². The predicted molar refractivity (Wildman–Crippen MR) is 105 cm³/mol. The third-order valence-electron chi connectivity index (χ3n) is 6.05. The number of imide groups is 1. The fourth-order valence-corrected chi connectivity index (χ4v) is 4.45. The van der Waals surface area contributed by atoms with Crippen molar-refractivity contribution in [3.63, 3.8) is 0 Å². The molecule has 156 valence electrons. The fourth-order valence-electron chi connectivity index (χ4n) is 4.45. The Morgan fingerprint density at radius 3 is 2.83 bits per heavy atom. The Bertz CT molecular complexity index is 842. The second-order valence-corrected chi connectivity index (χ2v) is 8.16. The molecule has 2 fully saturated rings. The Hall–Kier alpha value is -2.77. The maximum Gasteiger partial charge on any atom is 0.325 e. The molecule has 0 bridgehead atoms. The first kappa shape index (κ1) is 19.5. The minimum Gasteiger partial charge on any atom is -0.454 e. The smallest absolute Gasteiger partial charge is 0.325 e. The number of hydrogen-bond acceptors (Lipinski definition) is 5. The molecule has 1 aromatic rings. The standard InChI is InChI=1S/C21H27N3O5/c1-3-15-6-4-5-9-23(15)18(25)12-24-19(26)21(2,22-20(24)27)11-14-7-8-16-17(10-14)29-13-28-16/h7-8,10,15H,3-6,9,11-13H2,1-2H3,(H,22,27)/t15-,21+/m0/s1. The van der Waals surface area contributed by atoms with Crippen LogP contribution in [-0.4, -0.2) is 59.1 Å². The highest BCUT2D eigenvalue weighted by Crippen LogP contribution is 2.34. The molecule has 0 aromatic heterocycles. The lowest BCUT2D eigenvalue weighted by atomic mass is 9.92. The van der Waals surface area contributed by atoms with E-state index in [9.17, 15) is 14.4 Å². The maximum atomic E-state index is 13.1. The lowest BCUT2D eigenvalue weighted by Crippen LogP contribution is -2.50. The second kappa shape index (κ2) is 7.57. The van der Waals surface area contributed by atoms with E-state index in [0.717, 1.165) is 36.1 Å². The minimum atomic E-state index is -1.10. The van der Waals surface area contributed by atoms with Crippen molar-refractivity contribution >= 4 is 17.8 Å². The van der Waals surface area contributed by atoms with Crippen LogP contribution in [0.2, 0.25) is 0 Å². The molecule has 3 aliphatic rings. The number of hydrogen-bond donors (Lipinski definition) is 1. The number of fused-ring (bicyclic) bond motifs is 1. The molecule has 0 aliphatic carbocycles. The molecule has 0 radical (unpaired) electrons. The molecule has 3 aliphatic heterocycles. The summed E-state index contributed by atoms with van der Waals surface area (Å²) in [6.07, 6.45) is 4.24. The van der Waals surface area contributed by atoms with Crippen LogP contribution in [0.3, 0.4) is 0 Å². The number of likely N-dealkylation sites (tertiary alicyclic amines) is 1. The van der Waals surface area contributed by atoms with E-state index in [2.05, 4.69) is 12.2 Å². The number of nitrogens with one attached hydrogen (secondary N) is 1. The number of carbonyl (C=O) groups is 3. The number of urea groups is 1. The van der Waals surface area contributed by atoms with E-state index in [1.54, 1.807) is 13.0 Å². The molecule has 2 saturated heterocycles. The van der Waals surface area contributed by atoms with E-state index < -0.39 is 11.6 Å². The fraction of sp³-hybridized carbons (Fsp3) is 0.571. The van der Waals surface area contributed by atoms with E-state index in [0.29, 0.717) is 24.5 Å². The van der Waals surface area contributed by atoms with Crippen LogP contribution in [0.5, 0.6) is 11.5 Å². The van der Waals surface area contributed by atoms with Crippen molar-refractivity contribution in [1.29, 1.82) is 0 Å². The molecule has 1 aromatic carbocycles. The third kappa shape index (κ3) is 3.63. The van der Waals surface area contributed by atoms with E-state index in [4.69, 9.17) is 9.47 Å². The van der Waals surface area contributed by atoms with Crippen LogP contribution in [0.15, 0.2) is 18.2 Å². The average Bonchev–Trinajstić information content (AvgIpc) is 3.25. The summed E-state index contributed by atoms with van der Waals surface area (Å²) in [4.78, 5) is 41.3. The van der Waals surface area contributed by atoms with Gasteiger partial charge in [-0.15, -0.1) is 0 Å². The van der Waals surface area contributed by atoms with Gasteiger partial charge in [0.15, 0.2) is 11.5 Å². The topological polar surface area (TPSA) is 88.2 Å². The van der Waals surface area contributed by atoms with Crippen molar-refractivity contribution in [2.45, 2.75) is 57.5 Å². The van der Waals surface area contributed by atoms with Crippen LogP contribution >= 0.6 is 0 Å². The van der Waals surface area contributed by atoms with Gasteiger partial charge in [0, 0.05) is 19.0 Å². The molecular weight excluding hydrogens is 374 g/mol. The monoisotopic (exact) mass is 401 g/mol. The third-order valence-corrected chi connectivity index (χ3v) is 6.05. The number of nitrogens with zero attached hydrogens (tertiary/aromatic N) is 2. The molecule has 0 saturated carbocycles. The van der Waals surface area contributed by atoms with E-state index in [1.165, 1.54) is 0 Å². The summed E-state index contributed by atoms with van der Waals surface area (Å²) in [6.45, 7) is 4.41. The van der Waals surface area contributed by atoms with Crippen LogP contribution in [0.1, 0.15) is 45.1 Å². The molecule has 8 heteroatoms. The molecule has 4 rings (SSSR count). The number of amides is 4. The number of benzene rings is 1. The van der Waals surface area contributed by atoms with Gasteiger partial charge in [-0.25, -0.2) is 4.79 Å². The van der Waals surface area contributed by atoms with Gasteiger partial charge in [0.05, 0.1) is 0 Å². The van der Waals surface area contributed by atoms with Crippen LogP contribution in [0.25, 0.3) is 0 Å². The van der Waals surface area contributed by atoms with Gasteiger partial charge in [0.1, 0.15) is 12.1 Å². The zero-order valence-corrected chi connectivity index (χ0v) is 16.9. The van der Waals surface area contributed by atoms with Crippen molar-refractivity contribution in [3.05, 3.63) is 23.8 Å². The Morgan fingerprint density at radius 1 is 1.24 bits per heavy atom. The zero-order valence-electron chi connectivity index (χ0n) is 16.9. The van der Waals surface area contributed by atoms with Gasteiger partial charge in [-0.1, -0.05) is 13.0 Å². The van der Waals surface area contributed by atoms with Crippen molar-refractivity contribution in [1.82, 2.24) is 15.1 Å². The molecular formula is C21H27N3O5. The van der Waals surface area contributed by atoms with Gasteiger partial charge in [-0.05, 0) is 50.3 Å². The van der Waals surface area contributed by atoms with Gasteiger partial charge in [-0.2, -0.15) is 0 Å². The van der Waals surface area contributed by atoms with Crippen molar-refractivity contribution in [2.75, 3.05) is 19.9 Å². The van der Waals surface area contributed by atoms with Crippen molar-refractivity contribution in [3.8, 4) is 11.5 Å². The van der Waals surface area contributed by atoms with Crippen LogP contribution < -0.4 is 14.8 Å². The highest BCUT2D eigenvalue weighted by atomic mass is 16.7. The van der Waals surface area contributed by atoms with Crippen LogP contribution in [0, 0.1) is 0 Å². The van der Waals surface area contributed by atoms with Gasteiger partial charge in [0.2, 0.25) is 12.7 Å². The number of piperidine rings is 1. The summed E-state index contributed by atoms with van der Waals surface area (Å²) >= 11 is 0. The molecule has 3 heterocycles. The number of carbonyl (C=O) groups excluding carboxylic acids is 3. The summed E-state index contributed by atoms with van der Waals surface area (Å²) in [5, 5.41) is 2.77. The maximum absolute atomic E-state index is 13.1. The number of ether oxygens (including phenoxy) is 2. The summed E-state index contributed by atoms with van der Waals surface area (Å²) in [5.41, 5.74) is -0.252. The van der Waals surface area contributed by atoms with Gasteiger partial charge in [0.25, 0.3) is 5.91 Å². The van der Waals surface area contributed by atoms with Gasteiger partial charge < -0.3 is 19.7 Å². The second-order valence-electron chi connectivity index (χ2n) is 8.16. The van der Waals surface area contributed by atoms with E-state index >= 15 is 0 Å². The first-order valence-corrected chi connectivity index (χ1v) is 10.2. The molecule has 0 spiro atoms. The largest absolute Gasteiger partial charge is 0.454 e. The molecule has 8 nitrogen and oxygen atoms in total. The molecule has 4 amide bonds. The summed E-state index contributed by atoms with van der Waals surface area (Å²) < 4.78 is 10.7. The first-order chi connectivity index (χ1) is 13.9. The molecule has 1 N–H and O–H groups in total.